The quantitative estimate of drug-likeness (QED) is 0.590. The highest BCUT2D eigenvalue weighted by Crippen LogP contribution is 2.33. The van der Waals surface area contributed by atoms with Gasteiger partial charge in [0.2, 0.25) is 6.29 Å². The second kappa shape index (κ2) is 4.22. The van der Waals surface area contributed by atoms with Crippen LogP contribution in [0.25, 0.3) is 0 Å². The summed E-state index contributed by atoms with van der Waals surface area (Å²) in [6, 6.07) is 3.75. The molecule has 1 aromatic rings. The summed E-state index contributed by atoms with van der Waals surface area (Å²) in [5, 5.41) is 0. The monoisotopic (exact) mass is 216 g/mol. The Kier molecular flexibility index (Phi) is 3.43. The SMILES string of the molecule is CC(C)c1cc[n+](CP(=O)(O)O)cc1. The normalized spacial score (nSPS) is 12.1. The molecule has 0 bridgehead atoms. The third-order valence-corrected chi connectivity index (χ3v) is 2.63. The predicted octanol–water partition coefficient (Wildman–Crippen LogP) is 1.23. The average molecular weight is 216 g/mol. The Morgan fingerprint density at radius 1 is 1.36 bits per heavy atom. The van der Waals surface area contributed by atoms with Gasteiger partial charge in [-0.2, -0.15) is 4.57 Å². The van der Waals surface area contributed by atoms with Crippen LogP contribution in [-0.4, -0.2) is 9.79 Å². The summed E-state index contributed by atoms with van der Waals surface area (Å²) in [6.07, 6.45) is 3.12. The van der Waals surface area contributed by atoms with Crippen molar-refractivity contribution < 1.29 is 18.9 Å². The summed E-state index contributed by atoms with van der Waals surface area (Å²) < 4.78 is 12.2. The van der Waals surface area contributed by atoms with E-state index in [-0.39, 0.29) is 6.29 Å². The van der Waals surface area contributed by atoms with Gasteiger partial charge in [0.05, 0.1) is 0 Å². The van der Waals surface area contributed by atoms with Crippen LogP contribution in [0, 0.1) is 0 Å². The van der Waals surface area contributed by atoms with Gasteiger partial charge in [0.1, 0.15) is 0 Å². The first-order valence-corrected chi connectivity index (χ1v) is 6.22. The van der Waals surface area contributed by atoms with E-state index in [2.05, 4.69) is 13.8 Å². The minimum Gasteiger partial charge on any atom is -0.320 e. The zero-order valence-corrected chi connectivity index (χ0v) is 9.19. The van der Waals surface area contributed by atoms with E-state index in [1.165, 1.54) is 4.57 Å². The molecular formula is C9H15NO3P+. The zero-order valence-electron chi connectivity index (χ0n) is 8.29. The van der Waals surface area contributed by atoms with Gasteiger partial charge in [-0.05, 0) is 11.5 Å². The Labute approximate surface area is 83.4 Å². The molecule has 2 N–H and O–H groups in total. The predicted molar refractivity (Wildman–Crippen MR) is 52.8 cm³/mol. The molecule has 0 aliphatic heterocycles. The van der Waals surface area contributed by atoms with Crippen molar-refractivity contribution in [3.63, 3.8) is 0 Å². The fourth-order valence-corrected chi connectivity index (χ4v) is 1.77. The molecule has 0 aliphatic carbocycles. The fourth-order valence-electron chi connectivity index (χ4n) is 1.16. The lowest BCUT2D eigenvalue weighted by Crippen LogP contribution is -2.32. The molecule has 0 spiro atoms. The molecule has 0 aliphatic rings. The standard InChI is InChI=1S/C9H14NO3P/c1-8(2)9-3-5-10(6-4-9)7-14(11,12)13/h3-6,8H,7H2,1-2H3,(H-,11,12,13)/p+1. The number of aromatic nitrogens is 1. The lowest BCUT2D eigenvalue weighted by Gasteiger charge is -2.03. The molecular weight excluding hydrogens is 201 g/mol. The largest absolute Gasteiger partial charge is 0.390 e. The van der Waals surface area contributed by atoms with Crippen LogP contribution in [0.2, 0.25) is 0 Å². The summed E-state index contributed by atoms with van der Waals surface area (Å²) >= 11 is 0. The van der Waals surface area contributed by atoms with E-state index in [1.807, 2.05) is 12.1 Å². The molecule has 0 radical (unpaired) electrons. The van der Waals surface area contributed by atoms with Crippen molar-refractivity contribution in [3.05, 3.63) is 30.1 Å². The molecule has 0 saturated carbocycles. The molecule has 0 atom stereocenters. The van der Waals surface area contributed by atoms with Crippen LogP contribution in [0.1, 0.15) is 25.3 Å². The van der Waals surface area contributed by atoms with Crippen molar-refractivity contribution in [1.29, 1.82) is 0 Å². The fraction of sp³-hybridized carbons (Fsp3) is 0.444. The first-order chi connectivity index (χ1) is 6.38. The smallest absolute Gasteiger partial charge is 0.320 e. The van der Waals surface area contributed by atoms with Gasteiger partial charge >= 0.3 is 7.60 Å². The third-order valence-electron chi connectivity index (χ3n) is 1.93. The summed E-state index contributed by atoms with van der Waals surface area (Å²) in [5.41, 5.74) is 1.16. The van der Waals surface area contributed by atoms with Gasteiger partial charge in [-0.15, -0.1) is 0 Å². The van der Waals surface area contributed by atoms with Gasteiger partial charge in [0.25, 0.3) is 0 Å². The Morgan fingerprint density at radius 3 is 2.21 bits per heavy atom. The summed E-state index contributed by atoms with van der Waals surface area (Å²) in [6.45, 7) is 4.14. The second-order valence-corrected chi connectivity index (χ2v) is 5.22. The number of nitrogens with zero attached hydrogens (tertiary/aromatic N) is 1. The number of pyridine rings is 1. The highest BCUT2D eigenvalue weighted by molar-refractivity contribution is 7.50. The van der Waals surface area contributed by atoms with Crippen molar-refractivity contribution in [2.45, 2.75) is 26.1 Å². The van der Waals surface area contributed by atoms with E-state index < -0.39 is 7.60 Å². The highest BCUT2D eigenvalue weighted by Gasteiger charge is 2.19. The van der Waals surface area contributed by atoms with Crippen molar-refractivity contribution in [2.75, 3.05) is 0 Å². The molecule has 1 aromatic heterocycles. The Balaban J connectivity index is 2.79. The van der Waals surface area contributed by atoms with Crippen molar-refractivity contribution in [2.24, 2.45) is 0 Å². The van der Waals surface area contributed by atoms with Gasteiger partial charge in [0, 0.05) is 12.1 Å². The maximum absolute atomic E-state index is 10.7. The topological polar surface area (TPSA) is 61.4 Å². The molecule has 0 saturated heterocycles. The first-order valence-electron chi connectivity index (χ1n) is 4.42. The van der Waals surface area contributed by atoms with E-state index in [0.29, 0.717) is 5.92 Å². The van der Waals surface area contributed by atoms with Crippen molar-refractivity contribution in [3.8, 4) is 0 Å². The van der Waals surface area contributed by atoms with Crippen LogP contribution in [-0.2, 0) is 10.9 Å². The molecule has 0 fully saturated rings. The molecule has 0 aromatic carbocycles. The molecule has 1 heterocycles. The number of rotatable bonds is 3. The Hall–Kier alpha value is -0.700. The maximum atomic E-state index is 10.7. The third kappa shape index (κ3) is 3.58. The number of hydrogen-bond acceptors (Lipinski definition) is 1. The Morgan fingerprint density at radius 2 is 1.86 bits per heavy atom. The minimum absolute atomic E-state index is 0.259. The number of hydrogen-bond donors (Lipinski definition) is 2. The van der Waals surface area contributed by atoms with E-state index in [0.717, 1.165) is 5.56 Å². The summed E-state index contributed by atoms with van der Waals surface area (Å²) in [7, 11) is -3.96. The van der Waals surface area contributed by atoms with E-state index in [9.17, 15) is 4.57 Å². The van der Waals surface area contributed by atoms with Gasteiger partial charge in [-0.1, -0.05) is 13.8 Å². The van der Waals surface area contributed by atoms with Crippen LogP contribution < -0.4 is 4.57 Å². The molecule has 1 rings (SSSR count). The van der Waals surface area contributed by atoms with E-state index >= 15 is 0 Å². The molecule has 5 heteroatoms. The zero-order chi connectivity index (χ0) is 10.8. The molecule has 78 valence electrons. The lowest BCUT2D eigenvalue weighted by atomic mass is 10.1. The first kappa shape index (κ1) is 11.4. The molecule has 14 heavy (non-hydrogen) atoms. The van der Waals surface area contributed by atoms with Crippen molar-refractivity contribution >= 4 is 7.60 Å². The van der Waals surface area contributed by atoms with Crippen LogP contribution >= 0.6 is 7.60 Å². The van der Waals surface area contributed by atoms with Crippen LogP contribution in [0.4, 0.5) is 0 Å². The van der Waals surface area contributed by atoms with Gasteiger partial charge in [0.15, 0.2) is 12.4 Å². The van der Waals surface area contributed by atoms with Crippen LogP contribution in [0.15, 0.2) is 24.5 Å². The lowest BCUT2D eigenvalue weighted by molar-refractivity contribution is -0.680. The molecule has 0 unspecified atom stereocenters. The second-order valence-electron chi connectivity index (χ2n) is 3.61. The molecule has 4 nitrogen and oxygen atoms in total. The van der Waals surface area contributed by atoms with Crippen LogP contribution in [0.5, 0.6) is 0 Å². The minimum atomic E-state index is -3.96. The summed E-state index contributed by atoms with van der Waals surface area (Å²) in [4.78, 5) is 17.5. The van der Waals surface area contributed by atoms with Gasteiger partial charge < -0.3 is 9.79 Å². The van der Waals surface area contributed by atoms with E-state index in [4.69, 9.17) is 9.79 Å². The molecule has 0 amide bonds. The maximum Gasteiger partial charge on any atom is 0.390 e. The van der Waals surface area contributed by atoms with Crippen molar-refractivity contribution in [1.82, 2.24) is 0 Å². The average Bonchev–Trinajstić information content (AvgIpc) is 2.02. The van der Waals surface area contributed by atoms with Gasteiger partial charge in [-0.3, -0.25) is 4.57 Å². The summed E-state index contributed by atoms with van der Waals surface area (Å²) in [5.74, 6) is 0.430. The Bertz CT molecular complexity index is 342. The highest BCUT2D eigenvalue weighted by atomic mass is 31.2. The van der Waals surface area contributed by atoms with E-state index in [1.54, 1.807) is 12.4 Å². The van der Waals surface area contributed by atoms with Crippen LogP contribution in [0.3, 0.4) is 0 Å². The van der Waals surface area contributed by atoms with Gasteiger partial charge in [-0.25, -0.2) is 0 Å².